The van der Waals surface area contributed by atoms with Gasteiger partial charge < -0.3 is 0 Å². The first kappa shape index (κ1) is 11.1. The lowest BCUT2D eigenvalue weighted by molar-refractivity contribution is 1.21. The molecule has 0 spiro atoms. The van der Waals surface area contributed by atoms with Crippen LogP contribution in [0, 0.1) is 0 Å². The number of hydrogen-bond donors (Lipinski definition) is 0. The molecule has 0 aromatic rings. The lowest BCUT2D eigenvalue weighted by atomic mass is 10.4. The molecular weight excluding hydrogens is 220 g/mol. The summed E-state index contributed by atoms with van der Waals surface area (Å²) in [7, 11) is 0. The molecule has 0 aliphatic rings. The molecule has 0 saturated heterocycles. The van der Waals surface area contributed by atoms with Gasteiger partial charge in [0.25, 0.3) is 0 Å². The van der Waals surface area contributed by atoms with Crippen LogP contribution in [0.3, 0.4) is 0 Å². The molecule has 0 aliphatic heterocycles. The molecule has 0 radical (unpaired) electrons. The second-order valence-corrected chi connectivity index (χ2v) is 3.84. The molecule has 0 fully saturated rings. The van der Waals surface area contributed by atoms with Gasteiger partial charge in [0.2, 0.25) is 0 Å². The molecule has 0 aromatic carbocycles. The Morgan fingerprint density at radius 1 is 1.55 bits per heavy atom. The molecule has 0 unspecified atom stereocenters. The minimum Gasteiger partial charge on any atom is -0.130 e. The van der Waals surface area contributed by atoms with E-state index in [0.29, 0.717) is 0 Å². The molecule has 0 nitrogen and oxygen atoms in total. The lowest BCUT2D eigenvalue weighted by Crippen LogP contribution is -1.67. The summed E-state index contributed by atoms with van der Waals surface area (Å²) in [5, 5.41) is 0. The van der Waals surface area contributed by atoms with E-state index in [1.165, 1.54) is 9.39 Å². The van der Waals surface area contributed by atoms with Crippen molar-refractivity contribution >= 4 is 27.7 Å². The first-order chi connectivity index (χ1) is 5.24. The maximum atomic E-state index is 3.70. The Bertz CT molecular complexity index is 180. The van der Waals surface area contributed by atoms with Gasteiger partial charge in [-0.1, -0.05) is 41.6 Å². The van der Waals surface area contributed by atoms with E-state index >= 15 is 0 Å². The van der Waals surface area contributed by atoms with E-state index in [9.17, 15) is 0 Å². The monoisotopic (exact) mass is 232 g/mol. The quantitative estimate of drug-likeness (QED) is 0.658. The molecule has 0 aromatic heterocycles. The van der Waals surface area contributed by atoms with Crippen LogP contribution in [0.2, 0.25) is 0 Å². The Kier molecular flexibility index (Phi) is 6.77. The summed E-state index contributed by atoms with van der Waals surface area (Å²) >= 11 is 5.14. The predicted octanol–water partition coefficient (Wildman–Crippen LogP) is 4.11. The molecule has 0 saturated carbocycles. The first-order valence-electron chi connectivity index (χ1n) is 3.47. The fourth-order valence-electron chi connectivity index (χ4n) is 0.510. The van der Waals surface area contributed by atoms with Gasteiger partial charge in [-0.2, -0.15) is 0 Å². The van der Waals surface area contributed by atoms with Crippen molar-refractivity contribution in [2.24, 2.45) is 0 Å². The smallest absolute Gasteiger partial charge is 0.00635 e. The summed E-state index contributed by atoms with van der Waals surface area (Å²) in [5.41, 5.74) is 0. The number of halogens is 1. The normalized spacial score (nSPS) is 13.4. The zero-order chi connectivity index (χ0) is 8.69. The summed E-state index contributed by atoms with van der Waals surface area (Å²) in [5.74, 6) is 0. The third-order valence-corrected chi connectivity index (χ3v) is 2.80. The molecule has 0 rings (SSSR count). The van der Waals surface area contributed by atoms with Gasteiger partial charge in [0.15, 0.2) is 0 Å². The molecule has 0 bridgehead atoms. The van der Waals surface area contributed by atoms with E-state index in [0.717, 1.165) is 6.42 Å². The second kappa shape index (κ2) is 6.74. The topological polar surface area (TPSA) is 0 Å². The van der Waals surface area contributed by atoms with Gasteiger partial charge in [-0.25, -0.2) is 0 Å². The summed E-state index contributed by atoms with van der Waals surface area (Å²) in [6, 6.07) is 0. The third-order valence-electron chi connectivity index (χ3n) is 1.20. The van der Waals surface area contributed by atoms with Crippen molar-refractivity contribution in [3.8, 4) is 0 Å². The Balaban J connectivity index is 4.17. The van der Waals surface area contributed by atoms with E-state index in [-0.39, 0.29) is 0 Å². The molecular formula is C9H13BrS. The van der Waals surface area contributed by atoms with Crippen molar-refractivity contribution in [3.63, 3.8) is 0 Å². The van der Waals surface area contributed by atoms with Gasteiger partial charge in [0, 0.05) is 4.91 Å². The molecule has 0 aliphatic carbocycles. The minimum atomic E-state index is 1.04. The Morgan fingerprint density at radius 2 is 2.18 bits per heavy atom. The highest BCUT2D eigenvalue weighted by Gasteiger charge is 1.85. The summed E-state index contributed by atoms with van der Waals surface area (Å²) in [4.78, 5) is 1.19. The van der Waals surface area contributed by atoms with Crippen LogP contribution in [0.15, 0.2) is 34.2 Å². The minimum absolute atomic E-state index is 1.04. The van der Waals surface area contributed by atoms with Gasteiger partial charge in [-0.15, -0.1) is 11.8 Å². The molecule has 0 amide bonds. The lowest BCUT2D eigenvalue weighted by Gasteiger charge is -1.92. The van der Waals surface area contributed by atoms with Crippen molar-refractivity contribution in [2.75, 3.05) is 6.26 Å². The Labute approximate surface area is 81.6 Å². The van der Waals surface area contributed by atoms with E-state index < -0.39 is 0 Å². The maximum absolute atomic E-state index is 3.70. The first-order valence-corrected chi connectivity index (χ1v) is 5.49. The highest BCUT2D eigenvalue weighted by molar-refractivity contribution is 9.11. The molecule has 0 atom stereocenters. The standard InChI is InChI=1S/C9H13BrS/c1-4-8(10)6-7-9(5-2)11-3/h5-7H,2,4H2,1,3H3/b8-6+,9-7+. The van der Waals surface area contributed by atoms with Crippen LogP contribution in [0.25, 0.3) is 0 Å². The zero-order valence-corrected chi connectivity index (χ0v) is 9.33. The highest BCUT2D eigenvalue weighted by atomic mass is 79.9. The van der Waals surface area contributed by atoms with Gasteiger partial charge in [0.1, 0.15) is 0 Å². The largest absolute Gasteiger partial charge is 0.130 e. The molecule has 2 heteroatoms. The summed E-state index contributed by atoms with van der Waals surface area (Å²) in [6.45, 7) is 5.81. The summed E-state index contributed by atoms with van der Waals surface area (Å²) in [6.07, 6.45) is 9.06. The fraction of sp³-hybridized carbons (Fsp3) is 0.333. The van der Waals surface area contributed by atoms with Crippen molar-refractivity contribution in [3.05, 3.63) is 34.2 Å². The van der Waals surface area contributed by atoms with Crippen LogP contribution in [-0.4, -0.2) is 6.26 Å². The van der Waals surface area contributed by atoms with Crippen molar-refractivity contribution in [1.82, 2.24) is 0 Å². The van der Waals surface area contributed by atoms with E-state index in [4.69, 9.17) is 0 Å². The van der Waals surface area contributed by atoms with Crippen LogP contribution in [0.1, 0.15) is 13.3 Å². The predicted molar refractivity (Wildman–Crippen MR) is 59.1 cm³/mol. The fourth-order valence-corrected chi connectivity index (χ4v) is 1.01. The average Bonchev–Trinajstić information content (AvgIpc) is 2.06. The number of hydrogen-bond acceptors (Lipinski definition) is 1. The second-order valence-electron chi connectivity index (χ2n) is 1.94. The number of rotatable bonds is 4. The van der Waals surface area contributed by atoms with Gasteiger partial charge in [-0.3, -0.25) is 0 Å². The Morgan fingerprint density at radius 3 is 2.55 bits per heavy atom. The van der Waals surface area contributed by atoms with Crippen LogP contribution in [0.4, 0.5) is 0 Å². The van der Waals surface area contributed by atoms with E-state index in [1.807, 2.05) is 12.3 Å². The average molecular weight is 233 g/mol. The van der Waals surface area contributed by atoms with E-state index in [1.54, 1.807) is 11.8 Å². The molecule has 0 heterocycles. The Hall–Kier alpha value is 0.0500. The highest BCUT2D eigenvalue weighted by Crippen LogP contribution is 2.15. The van der Waals surface area contributed by atoms with E-state index in [2.05, 4.69) is 41.6 Å². The van der Waals surface area contributed by atoms with Crippen molar-refractivity contribution in [2.45, 2.75) is 13.3 Å². The number of thioether (sulfide) groups is 1. The van der Waals surface area contributed by atoms with Crippen LogP contribution in [-0.2, 0) is 0 Å². The molecule has 0 N–H and O–H groups in total. The molecule has 11 heavy (non-hydrogen) atoms. The van der Waals surface area contributed by atoms with Crippen molar-refractivity contribution < 1.29 is 0 Å². The summed E-state index contributed by atoms with van der Waals surface area (Å²) < 4.78 is 1.21. The number of allylic oxidation sites excluding steroid dienone is 4. The van der Waals surface area contributed by atoms with Gasteiger partial charge >= 0.3 is 0 Å². The maximum Gasteiger partial charge on any atom is 0.00635 e. The van der Waals surface area contributed by atoms with Crippen LogP contribution < -0.4 is 0 Å². The van der Waals surface area contributed by atoms with Gasteiger partial charge in [0.05, 0.1) is 0 Å². The van der Waals surface area contributed by atoms with Crippen LogP contribution >= 0.6 is 27.7 Å². The molecule has 62 valence electrons. The zero-order valence-electron chi connectivity index (χ0n) is 6.93. The third kappa shape index (κ3) is 5.33. The SMILES string of the molecule is C=C/C(=C\C=C(\Br)CC)SC. The van der Waals surface area contributed by atoms with Crippen LogP contribution in [0.5, 0.6) is 0 Å². The van der Waals surface area contributed by atoms with Crippen molar-refractivity contribution in [1.29, 1.82) is 0 Å². The van der Waals surface area contributed by atoms with Gasteiger partial charge in [-0.05, 0) is 23.2 Å².